The maximum absolute atomic E-state index is 13.4. The molecule has 0 aliphatic heterocycles. The minimum absolute atomic E-state index is 0.254. The highest BCUT2D eigenvalue weighted by Crippen LogP contribution is 2.42. The second-order valence-electron chi connectivity index (χ2n) is 4.06. The van der Waals surface area contributed by atoms with Gasteiger partial charge in [-0.3, -0.25) is 0 Å². The predicted molar refractivity (Wildman–Crippen MR) is 54.8 cm³/mol. The third-order valence-electron chi connectivity index (χ3n) is 2.76. The van der Waals surface area contributed by atoms with Crippen molar-refractivity contribution in [3.8, 4) is 11.4 Å². The number of hydrogen-bond acceptors (Lipinski definition) is 4. The Labute approximate surface area is 91.3 Å². The van der Waals surface area contributed by atoms with E-state index in [-0.39, 0.29) is 11.6 Å². The zero-order valence-corrected chi connectivity index (χ0v) is 8.48. The van der Waals surface area contributed by atoms with Gasteiger partial charge in [0.1, 0.15) is 5.82 Å². The first kappa shape index (κ1) is 9.47. The highest BCUT2D eigenvalue weighted by atomic mass is 19.1. The largest absolute Gasteiger partial charge is 0.337 e. The lowest BCUT2D eigenvalue weighted by molar-refractivity contribution is 0.348. The number of aromatic nitrogens is 2. The molecule has 0 amide bonds. The van der Waals surface area contributed by atoms with Crippen molar-refractivity contribution in [2.75, 3.05) is 0 Å². The third-order valence-corrected chi connectivity index (χ3v) is 2.76. The van der Waals surface area contributed by atoms with E-state index in [4.69, 9.17) is 10.3 Å². The fourth-order valence-corrected chi connectivity index (χ4v) is 1.53. The lowest BCUT2D eigenvalue weighted by Crippen LogP contribution is -2.18. The molecule has 5 heteroatoms. The van der Waals surface area contributed by atoms with Crippen molar-refractivity contribution in [2.45, 2.75) is 18.4 Å². The van der Waals surface area contributed by atoms with Gasteiger partial charge in [-0.05, 0) is 25.0 Å². The number of nitrogens with zero attached hydrogens (tertiary/aromatic N) is 2. The minimum Gasteiger partial charge on any atom is -0.337 e. The van der Waals surface area contributed by atoms with E-state index < -0.39 is 5.54 Å². The summed E-state index contributed by atoms with van der Waals surface area (Å²) in [7, 11) is 0. The quantitative estimate of drug-likeness (QED) is 0.836. The molecule has 2 aromatic rings. The van der Waals surface area contributed by atoms with Crippen LogP contribution in [0.1, 0.15) is 18.7 Å². The van der Waals surface area contributed by atoms with Gasteiger partial charge in [-0.2, -0.15) is 4.98 Å². The first-order valence-corrected chi connectivity index (χ1v) is 5.07. The Morgan fingerprint density at radius 1 is 1.31 bits per heavy atom. The van der Waals surface area contributed by atoms with Crippen LogP contribution in [-0.2, 0) is 5.54 Å². The molecule has 2 N–H and O–H groups in total. The Bertz CT molecular complexity index is 534. The summed E-state index contributed by atoms with van der Waals surface area (Å²) in [5, 5.41) is 3.75. The Kier molecular flexibility index (Phi) is 1.85. The lowest BCUT2D eigenvalue weighted by atomic mass is 10.2. The molecule has 0 saturated heterocycles. The smallest absolute Gasteiger partial charge is 0.247 e. The maximum Gasteiger partial charge on any atom is 0.247 e. The van der Waals surface area contributed by atoms with Crippen LogP contribution in [0.25, 0.3) is 11.4 Å². The van der Waals surface area contributed by atoms with E-state index in [1.165, 1.54) is 6.07 Å². The van der Waals surface area contributed by atoms with Gasteiger partial charge in [-0.25, -0.2) is 4.39 Å². The summed E-state index contributed by atoms with van der Waals surface area (Å²) in [4.78, 5) is 4.13. The maximum atomic E-state index is 13.4. The predicted octanol–water partition coefficient (Wildman–Crippen LogP) is 1.82. The van der Waals surface area contributed by atoms with Crippen molar-refractivity contribution in [1.29, 1.82) is 0 Å². The van der Waals surface area contributed by atoms with Crippen molar-refractivity contribution < 1.29 is 8.91 Å². The lowest BCUT2D eigenvalue weighted by Gasteiger charge is -1.98. The van der Waals surface area contributed by atoms with Gasteiger partial charge in [-0.1, -0.05) is 17.3 Å². The number of rotatable bonds is 2. The fourth-order valence-electron chi connectivity index (χ4n) is 1.53. The molecule has 0 bridgehead atoms. The van der Waals surface area contributed by atoms with Gasteiger partial charge in [0.25, 0.3) is 0 Å². The molecule has 16 heavy (non-hydrogen) atoms. The summed E-state index contributed by atoms with van der Waals surface area (Å²) >= 11 is 0. The van der Waals surface area contributed by atoms with Gasteiger partial charge < -0.3 is 10.3 Å². The Morgan fingerprint density at radius 3 is 2.75 bits per heavy atom. The number of nitrogens with two attached hydrogens (primary N) is 1. The van der Waals surface area contributed by atoms with Crippen molar-refractivity contribution >= 4 is 0 Å². The zero-order valence-electron chi connectivity index (χ0n) is 8.48. The van der Waals surface area contributed by atoms with Crippen molar-refractivity contribution in [3.63, 3.8) is 0 Å². The second-order valence-corrected chi connectivity index (χ2v) is 4.06. The Hall–Kier alpha value is -1.75. The summed E-state index contributed by atoms with van der Waals surface area (Å²) < 4.78 is 18.5. The van der Waals surface area contributed by atoms with E-state index in [2.05, 4.69) is 10.1 Å². The van der Waals surface area contributed by atoms with Gasteiger partial charge in [0.15, 0.2) is 0 Å². The Morgan fingerprint density at radius 2 is 2.06 bits per heavy atom. The van der Waals surface area contributed by atoms with Crippen LogP contribution in [-0.4, -0.2) is 10.1 Å². The van der Waals surface area contributed by atoms with Gasteiger partial charge in [0.2, 0.25) is 11.7 Å². The molecule has 0 radical (unpaired) electrons. The van der Waals surface area contributed by atoms with E-state index in [1.54, 1.807) is 18.2 Å². The molecule has 3 rings (SSSR count). The van der Waals surface area contributed by atoms with Gasteiger partial charge in [-0.15, -0.1) is 0 Å². The van der Waals surface area contributed by atoms with Crippen molar-refractivity contribution in [2.24, 2.45) is 5.73 Å². The molecule has 1 aliphatic carbocycles. The van der Waals surface area contributed by atoms with Gasteiger partial charge >= 0.3 is 0 Å². The van der Waals surface area contributed by atoms with Crippen LogP contribution in [0.2, 0.25) is 0 Å². The summed E-state index contributed by atoms with van der Waals surface area (Å²) in [6, 6.07) is 6.32. The van der Waals surface area contributed by atoms with Gasteiger partial charge in [0.05, 0.1) is 11.1 Å². The van der Waals surface area contributed by atoms with Crippen LogP contribution in [0.3, 0.4) is 0 Å². The SMILES string of the molecule is NC1(c2nc(-c3ccccc3F)no2)CC1. The molecular formula is C11H10FN3O. The molecule has 1 aliphatic rings. The standard InChI is InChI=1S/C11H10FN3O/c12-8-4-2-1-3-7(8)9-14-10(16-15-9)11(13)5-6-11/h1-4H,5-6,13H2. The van der Waals surface area contributed by atoms with Crippen LogP contribution in [0, 0.1) is 5.82 Å². The van der Waals surface area contributed by atoms with E-state index in [9.17, 15) is 4.39 Å². The summed E-state index contributed by atoms with van der Waals surface area (Å²) in [5.74, 6) is 0.285. The summed E-state index contributed by atoms with van der Waals surface area (Å²) in [5.41, 5.74) is 5.77. The van der Waals surface area contributed by atoms with E-state index in [1.807, 2.05) is 0 Å². The molecular weight excluding hydrogens is 209 g/mol. The van der Waals surface area contributed by atoms with Gasteiger partial charge in [0, 0.05) is 0 Å². The molecule has 1 saturated carbocycles. The van der Waals surface area contributed by atoms with E-state index in [0.29, 0.717) is 11.5 Å². The first-order chi connectivity index (χ1) is 7.69. The van der Waals surface area contributed by atoms with Crippen molar-refractivity contribution in [3.05, 3.63) is 36.0 Å². The summed E-state index contributed by atoms with van der Waals surface area (Å²) in [6.45, 7) is 0. The highest BCUT2D eigenvalue weighted by Gasteiger charge is 2.45. The van der Waals surface area contributed by atoms with E-state index >= 15 is 0 Å². The first-order valence-electron chi connectivity index (χ1n) is 5.07. The highest BCUT2D eigenvalue weighted by molar-refractivity contribution is 5.55. The molecule has 1 fully saturated rings. The number of hydrogen-bond donors (Lipinski definition) is 1. The monoisotopic (exact) mass is 219 g/mol. The minimum atomic E-state index is -0.476. The van der Waals surface area contributed by atoms with Crippen LogP contribution in [0.4, 0.5) is 4.39 Å². The molecule has 4 nitrogen and oxygen atoms in total. The molecule has 1 aromatic carbocycles. The fraction of sp³-hybridized carbons (Fsp3) is 0.273. The van der Waals surface area contributed by atoms with Crippen LogP contribution in [0.5, 0.6) is 0 Å². The molecule has 0 unspecified atom stereocenters. The van der Waals surface area contributed by atoms with Crippen LogP contribution >= 0.6 is 0 Å². The Balaban J connectivity index is 2.02. The topological polar surface area (TPSA) is 64.9 Å². The molecule has 0 spiro atoms. The number of benzene rings is 1. The second kappa shape index (κ2) is 3.12. The van der Waals surface area contributed by atoms with Crippen molar-refractivity contribution in [1.82, 2.24) is 10.1 Å². The normalized spacial score (nSPS) is 17.4. The van der Waals surface area contributed by atoms with Crippen LogP contribution in [0.15, 0.2) is 28.8 Å². The molecule has 0 atom stereocenters. The zero-order chi connectivity index (χ0) is 11.2. The molecule has 1 heterocycles. The third kappa shape index (κ3) is 1.40. The molecule has 82 valence electrons. The average Bonchev–Trinajstić information content (AvgIpc) is 2.84. The van der Waals surface area contributed by atoms with E-state index in [0.717, 1.165) is 12.8 Å². The van der Waals surface area contributed by atoms with Crippen LogP contribution < -0.4 is 5.73 Å². The number of halogens is 1. The average molecular weight is 219 g/mol. The molecule has 1 aromatic heterocycles. The summed E-state index contributed by atoms with van der Waals surface area (Å²) in [6.07, 6.45) is 1.68.